The lowest BCUT2D eigenvalue weighted by atomic mass is 9.85. The molecule has 2 atom stereocenters. The normalized spacial score (nSPS) is 22.1. The molecule has 2 aliphatic rings. The third-order valence-electron chi connectivity index (χ3n) is 6.35. The number of rotatable bonds is 2. The molecule has 1 aromatic carbocycles. The van der Waals surface area contributed by atoms with E-state index >= 15 is 0 Å². The van der Waals surface area contributed by atoms with Gasteiger partial charge in [-0.1, -0.05) is 6.92 Å². The monoisotopic (exact) mass is 464 g/mol. The zero-order valence-electron chi connectivity index (χ0n) is 18.0. The number of amidine groups is 2. The molecule has 2 fully saturated rings. The molecule has 0 saturated carbocycles. The van der Waals surface area contributed by atoms with E-state index in [1.165, 1.54) is 17.0 Å². The van der Waals surface area contributed by atoms with Gasteiger partial charge in [0.1, 0.15) is 11.7 Å². The number of alkyl halides is 3. The molecule has 2 unspecified atom stereocenters. The highest BCUT2D eigenvalue weighted by atomic mass is 19.4. The summed E-state index contributed by atoms with van der Waals surface area (Å²) in [6.45, 7) is 2.70. The van der Waals surface area contributed by atoms with Crippen LogP contribution < -0.4 is 4.90 Å². The number of fused-ring (bicyclic) bond motifs is 1. The Labute approximate surface area is 188 Å². The molecule has 4 rings (SSSR count). The van der Waals surface area contributed by atoms with E-state index in [-0.39, 0.29) is 43.2 Å². The first-order chi connectivity index (χ1) is 15.6. The molecular formula is C22H24F4N6O. The number of piperazine rings is 1. The Hall–Kier alpha value is -3.24. The predicted molar refractivity (Wildman–Crippen MR) is 116 cm³/mol. The fourth-order valence-electron chi connectivity index (χ4n) is 4.64. The summed E-state index contributed by atoms with van der Waals surface area (Å²) >= 11 is 0. The van der Waals surface area contributed by atoms with E-state index in [2.05, 4.69) is 9.88 Å². The van der Waals surface area contributed by atoms with Gasteiger partial charge in [0.2, 0.25) is 11.7 Å². The molecule has 0 bridgehead atoms. The van der Waals surface area contributed by atoms with Crippen molar-refractivity contribution in [2.75, 3.05) is 37.6 Å². The molecule has 0 aliphatic carbocycles. The average molecular weight is 464 g/mol. The number of aromatic nitrogens is 1. The summed E-state index contributed by atoms with van der Waals surface area (Å²) in [5.74, 6) is -2.86. The minimum atomic E-state index is -4.83. The molecule has 0 radical (unpaired) electrons. The molecule has 1 amide bonds. The summed E-state index contributed by atoms with van der Waals surface area (Å²) < 4.78 is 52.0. The zero-order valence-corrected chi connectivity index (χ0v) is 18.0. The minimum absolute atomic E-state index is 0.0319. The van der Waals surface area contributed by atoms with Crippen LogP contribution in [0.5, 0.6) is 0 Å². The van der Waals surface area contributed by atoms with Gasteiger partial charge >= 0.3 is 6.18 Å². The largest absolute Gasteiger partial charge is 0.449 e. The smallest absolute Gasteiger partial charge is 0.371 e. The molecular weight excluding hydrogens is 440 g/mol. The Balaban J connectivity index is 1.42. The summed E-state index contributed by atoms with van der Waals surface area (Å²) in [6.07, 6.45) is -2.65. The van der Waals surface area contributed by atoms with Crippen LogP contribution in [0.15, 0.2) is 30.5 Å². The highest BCUT2D eigenvalue weighted by molar-refractivity contribution is 6.03. The number of carbonyl (C=O) groups is 1. The third-order valence-corrected chi connectivity index (χ3v) is 6.35. The lowest BCUT2D eigenvalue weighted by Gasteiger charge is -2.42. The summed E-state index contributed by atoms with van der Waals surface area (Å²) in [5.41, 5.74) is 1.47. The van der Waals surface area contributed by atoms with Crippen LogP contribution in [0.3, 0.4) is 0 Å². The number of amides is 1. The van der Waals surface area contributed by atoms with Gasteiger partial charge in [0.15, 0.2) is 0 Å². The number of hydrogen-bond donors (Lipinski definition) is 2. The lowest BCUT2D eigenvalue weighted by Crippen LogP contribution is -2.58. The van der Waals surface area contributed by atoms with Gasteiger partial charge in [-0.25, -0.2) is 4.39 Å². The maximum atomic E-state index is 13.6. The maximum Gasteiger partial charge on any atom is 0.449 e. The molecule has 0 spiro atoms. The molecule has 7 nitrogen and oxygen atoms in total. The van der Waals surface area contributed by atoms with Crippen LogP contribution >= 0.6 is 0 Å². The Kier molecular flexibility index (Phi) is 5.98. The summed E-state index contributed by atoms with van der Waals surface area (Å²) in [4.78, 5) is 21.5. The van der Waals surface area contributed by atoms with Crippen molar-refractivity contribution in [3.8, 4) is 0 Å². The Morgan fingerprint density at radius 3 is 2.61 bits per heavy atom. The molecule has 2 aromatic rings. The molecule has 33 heavy (non-hydrogen) atoms. The summed E-state index contributed by atoms with van der Waals surface area (Å²) in [7, 11) is 0. The average Bonchev–Trinajstić information content (AvgIpc) is 2.76. The molecule has 2 saturated heterocycles. The van der Waals surface area contributed by atoms with Crippen molar-refractivity contribution < 1.29 is 22.4 Å². The van der Waals surface area contributed by atoms with Gasteiger partial charge in [0, 0.05) is 55.4 Å². The van der Waals surface area contributed by atoms with E-state index in [0.29, 0.717) is 29.9 Å². The number of piperidine rings is 1. The van der Waals surface area contributed by atoms with Crippen molar-refractivity contribution in [1.29, 1.82) is 10.8 Å². The lowest BCUT2D eigenvalue weighted by molar-refractivity contribution is -0.137. The van der Waals surface area contributed by atoms with Gasteiger partial charge in [0.25, 0.3) is 0 Å². The van der Waals surface area contributed by atoms with Gasteiger partial charge in [0.05, 0.1) is 12.1 Å². The first kappa shape index (κ1) is 22.9. The Morgan fingerprint density at radius 1 is 1.18 bits per heavy atom. The molecule has 3 heterocycles. The maximum absolute atomic E-state index is 13.6. The third kappa shape index (κ3) is 4.49. The quantitative estimate of drug-likeness (QED) is 0.405. The predicted octanol–water partition coefficient (Wildman–Crippen LogP) is 3.50. The van der Waals surface area contributed by atoms with Gasteiger partial charge in [-0.2, -0.15) is 13.2 Å². The van der Waals surface area contributed by atoms with Crippen LogP contribution in [0.2, 0.25) is 0 Å². The zero-order chi connectivity index (χ0) is 23.9. The summed E-state index contributed by atoms with van der Waals surface area (Å²) in [6, 6.07) is 6.33. The van der Waals surface area contributed by atoms with Crippen LogP contribution in [0.25, 0.3) is 10.9 Å². The van der Waals surface area contributed by atoms with Crippen LogP contribution in [-0.2, 0) is 4.79 Å². The fraction of sp³-hybridized carbons (Fsp3) is 0.455. The number of anilines is 1. The molecule has 1 aromatic heterocycles. The van der Waals surface area contributed by atoms with Gasteiger partial charge in [-0.15, -0.1) is 0 Å². The van der Waals surface area contributed by atoms with Crippen molar-refractivity contribution in [3.63, 3.8) is 0 Å². The van der Waals surface area contributed by atoms with Crippen LogP contribution in [-0.4, -0.2) is 71.3 Å². The molecule has 2 N–H and O–H groups in total. The second-order valence-corrected chi connectivity index (χ2v) is 8.51. The van der Waals surface area contributed by atoms with Gasteiger partial charge in [-0.3, -0.25) is 20.6 Å². The Bertz CT molecular complexity index is 1100. The first-order valence-electron chi connectivity index (χ1n) is 10.6. The Morgan fingerprint density at radius 2 is 1.94 bits per heavy atom. The number of hydrogen-bond acceptors (Lipinski definition) is 5. The van der Waals surface area contributed by atoms with Crippen LogP contribution in [0.4, 0.5) is 23.2 Å². The second kappa shape index (κ2) is 8.60. The number of halogens is 4. The van der Waals surface area contributed by atoms with E-state index in [1.807, 2.05) is 13.0 Å². The minimum Gasteiger partial charge on any atom is -0.371 e. The van der Waals surface area contributed by atoms with Gasteiger partial charge < -0.3 is 14.7 Å². The van der Waals surface area contributed by atoms with Crippen molar-refractivity contribution in [3.05, 3.63) is 36.3 Å². The van der Waals surface area contributed by atoms with E-state index < -0.39 is 17.8 Å². The van der Waals surface area contributed by atoms with E-state index in [9.17, 15) is 22.4 Å². The molecule has 11 heteroatoms. The SMILES string of the molecule is CC1CN(c2ccnc3cc(F)ccc23)CCC1C(=O)N1CCN(C(=N)C(F)(F)F)C(=N)C1. The van der Waals surface area contributed by atoms with Crippen molar-refractivity contribution in [2.45, 2.75) is 19.5 Å². The van der Waals surface area contributed by atoms with Crippen molar-refractivity contribution >= 4 is 34.2 Å². The van der Waals surface area contributed by atoms with Crippen LogP contribution in [0.1, 0.15) is 13.3 Å². The standard InChI is InChI=1S/C22H24F4N6O/c1-13-11-30(18-4-6-29-17-10-14(23)2-3-16(17)18)7-5-15(13)20(33)31-8-9-32(19(27)12-31)21(28)22(24,25)26/h2-4,6,10,13,15,27-28H,5,7-9,11-12H2,1H3. The number of nitrogens with one attached hydrogen (secondary N) is 2. The van der Waals surface area contributed by atoms with E-state index in [4.69, 9.17) is 10.8 Å². The summed E-state index contributed by atoms with van der Waals surface area (Å²) in [5, 5.41) is 16.0. The van der Waals surface area contributed by atoms with Gasteiger partial charge in [-0.05, 0) is 30.5 Å². The van der Waals surface area contributed by atoms with Crippen LogP contribution in [0, 0.1) is 28.5 Å². The fourth-order valence-corrected chi connectivity index (χ4v) is 4.64. The topological polar surface area (TPSA) is 87.4 Å². The van der Waals surface area contributed by atoms with Crippen molar-refractivity contribution in [1.82, 2.24) is 14.8 Å². The van der Waals surface area contributed by atoms with E-state index in [0.717, 1.165) is 11.1 Å². The highest BCUT2D eigenvalue weighted by Crippen LogP contribution is 2.33. The van der Waals surface area contributed by atoms with E-state index in [1.54, 1.807) is 12.3 Å². The highest BCUT2D eigenvalue weighted by Gasteiger charge is 2.43. The molecule has 176 valence electrons. The number of nitrogens with zero attached hydrogens (tertiary/aromatic N) is 4. The first-order valence-corrected chi connectivity index (χ1v) is 10.6. The number of carbonyl (C=O) groups excluding carboxylic acids is 1. The second-order valence-electron chi connectivity index (χ2n) is 8.51. The van der Waals surface area contributed by atoms with Crippen molar-refractivity contribution in [2.24, 2.45) is 11.8 Å². The number of pyridine rings is 1. The number of benzene rings is 1. The molecule has 2 aliphatic heterocycles.